The van der Waals surface area contributed by atoms with Gasteiger partial charge in [0.05, 0.1) is 21.8 Å². The van der Waals surface area contributed by atoms with Crippen molar-refractivity contribution < 1.29 is 0 Å². The van der Waals surface area contributed by atoms with E-state index in [0.29, 0.717) is 0 Å². The highest BCUT2D eigenvalue weighted by atomic mass is 15.2. The van der Waals surface area contributed by atoms with Gasteiger partial charge in [-0.3, -0.25) is 0 Å². The van der Waals surface area contributed by atoms with Gasteiger partial charge in [0.2, 0.25) is 0 Å². The van der Waals surface area contributed by atoms with Crippen LogP contribution in [0.4, 0.5) is 11.4 Å². The zero-order chi connectivity index (χ0) is 51.4. The number of allylic oxidation sites excluding steroid dienone is 4. The molecule has 5 unspecified atom stereocenters. The molecule has 0 amide bonds. The number of hydrogen-bond donors (Lipinski definition) is 0. The van der Waals surface area contributed by atoms with Crippen molar-refractivity contribution in [3.05, 3.63) is 326 Å². The van der Waals surface area contributed by atoms with Crippen LogP contribution in [0.25, 0.3) is 50.1 Å². The molecule has 8 aliphatic carbocycles. The van der Waals surface area contributed by atoms with Crippen LogP contribution in [0.2, 0.25) is 0 Å². The summed E-state index contributed by atoms with van der Waals surface area (Å²) in [5, 5.41) is 0. The molecule has 1 aliphatic heterocycles. The molecule has 1 heteroatoms. The summed E-state index contributed by atoms with van der Waals surface area (Å²) in [7, 11) is 0. The molecule has 78 heavy (non-hydrogen) atoms. The number of benzene rings is 10. The summed E-state index contributed by atoms with van der Waals surface area (Å²) >= 11 is 0. The summed E-state index contributed by atoms with van der Waals surface area (Å²) in [4.78, 5) is 2.90. The molecule has 10 aromatic carbocycles. The van der Waals surface area contributed by atoms with E-state index in [-0.39, 0.29) is 11.8 Å². The SMILES string of the molecule is CC1C2=C3C(C)C4=C1C1(C)C(=CC4(C)N(c4ccc5c(c4)C4(c6ccccc6-c6ccccc64)c4ccccc4-5)c4cccc5c4C3(c3ccccc32)c2ccccc2-5)C2(c3ccccc3-c3ccccc32)c2ccccc21. The van der Waals surface area contributed by atoms with Crippen molar-refractivity contribution >= 4 is 16.9 Å². The van der Waals surface area contributed by atoms with Crippen LogP contribution in [0, 0.1) is 11.8 Å². The fraction of sp³-hybridized carbons (Fsp3) is 0.143. The minimum Gasteiger partial charge on any atom is -0.328 e. The highest BCUT2D eigenvalue weighted by molar-refractivity contribution is 6.04. The Bertz CT molecular complexity index is 4500. The van der Waals surface area contributed by atoms with Crippen molar-refractivity contribution in [2.75, 3.05) is 4.90 Å². The predicted molar refractivity (Wildman–Crippen MR) is 317 cm³/mol. The molecule has 0 N–H and O–H groups in total. The lowest BCUT2D eigenvalue weighted by atomic mass is 9.50. The van der Waals surface area contributed by atoms with Crippen molar-refractivity contribution in [2.24, 2.45) is 11.8 Å². The van der Waals surface area contributed by atoms with Gasteiger partial charge in [0, 0.05) is 34.2 Å². The maximum atomic E-state index is 2.90. The zero-order valence-electron chi connectivity index (χ0n) is 44.1. The fourth-order valence-electron chi connectivity index (χ4n) is 19.5. The Morgan fingerprint density at radius 3 is 1.27 bits per heavy atom. The van der Waals surface area contributed by atoms with Gasteiger partial charge in [0.25, 0.3) is 0 Å². The lowest BCUT2D eigenvalue weighted by molar-refractivity contribution is 0.440. The van der Waals surface area contributed by atoms with Gasteiger partial charge in [0.1, 0.15) is 0 Å². The van der Waals surface area contributed by atoms with Gasteiger partial charge in [-0.15, -0.1) is 0 Å². The standard InChI is InChI=1S/C77H53N/c1-44-68-55-28-11-18-36-62(55)77-61-35-17-10-27-52(61)54-29-21-39-66(72(54)77)78(46-40-41-53-51-26-7-14-32-58(51)75(65(53)42-46)56-30-12-5-22-47(56)48-23-6-13-31-57(48)75)73(3)43-67-74(4,71(44)70(73)45(2)69(68)77)63-37-19-20-38-64(63)76(67)59-33-15-8-24-49(59)50-25-9-16-34-60(50)76/h5-45H,1-4H3. The molecule has 3 spiro atoms. The molecule has 0 aromatic heterocycles. The molecule has 1 heterocycles. The molecule has 5 atom stereocenters. The fourth-order valence-corrected chi connectivity index (χ4v) is 19.5. The lowest BCUT2D eigenvalue weighted by Crippen LogP contribution is -2.56. The van der Waals surface area contributed by atoms with Gasteiger partial charge < -0.3 is 4.90 Å². The van der Waals surface area contributed by atoms with Gasteiger partial charge in [-0.1, -0.05) is 232 Å². The van der Waals surface area contributed by atoms with Crippen LogP contribution in [0.15, 0.2) is 259 Å². The molecule has 19 rings (SSSR count). The van der Waals surface area contributed by atoms with E-state index in [1.165, 1.54) is 134 Å². The number of anilines is 2. The van der Waals surface area contributed by atoms with Crippen LogP contribution >= 0.6 is 0 Å². The third-order valence-corrected chi connectivity index (χ3v) is 21.6. The Balaban J connectivity index is 1.00. The molecule has 0 saturated carbocycles. The van der Waals surface area contributed by atoms with Crippen LogP contribution < -0.4 is 4.90 Å². The van der Waals surface area contributed by atoms with E-state index in [4.69, 9.17) is 0 Å². The van der Waals surface area contributed by atoms with E-state index in [9.17, 15) is 0 Å². The molecule has 366 valence electrons. The first kappa shape index (κ1) is 42.3. The van der Waals surface area contributed by atoms with E-state index < -0.39 is 27.2 Å². The van der Waals surface area contributed by atoms with Crippen LogP contribution in [0.5, 0.6) is 0 Å². The second-order valence-corrected chi connectivity index (χ2v) is 24.3. The number of hydrogen-bond acceptors (Lipinski definition) is 1. The summed E-state index contributed by atoms with van der Waals surface area (Å²) in [5.41, 5.74) is 35.1. The maximum absolute atomic E-state index is 2.90. The van der Waals surface area contributed by atoms with Crippen molar-refractivity contribution in [1.82, 2.24) is 0 Å². The Morgan fingerprint density at radius 2 is 0.731 bits per heavy atom. The molecule has 0 saturated heterocycles. The van der Waals surface area contributed by atoms with Crippen molar-refractivity contribution in [2.45, 2.75) is 54.9 Å². The summed E-state index contributed by atoms with van der Waals surface area (Å²) in [6.45, 7) is 10.5. The molecule has 2 bridgehead atoms. The second-order valence-electron chi connectivity index (χ2n) is 24.3. The van der Waals surface area contributed by atoms with Crippen molar-refractivity contribution in [1.29, 1.82) is 0 Å². The first-order chi connectivity index (χ1) is 38.3. The molecule has 1 nitrogen and oxygen atoms in total. The van der Waals surface area contributed by atoms with Crippen LogP contribution in [0.1, 0.15) is 94.5 Å². The summed E-state index contributed by atoms with van der Waals surface area (Å²) < 4.78 is 0. The Labute approximate surface area is 456 Å². The summed E-state index contributed by atoms with van der Waals surface area (Å²) in [6, 6.07) is 90.4. The largest absolute Gasteiger partial charge is 0.328 e. The van der Waals surface area contributed by atoms with Gasteiger partial charge in [-0.2, -0.15) is 0 Å². The van der Waals surface area contributed by atoms with Crippen molar-refractivity contribution in [3.8, 4) is 44.5 Å². The molecular formula is C77H53N. The zero-order valence-corrected chi connectivity index (χ0v) is 44.1. The highest BCUT2D eigenvalue weighted by Gasteiger charge is 2.69. The number of fused-ring (bicyclic) bond motifs is 25. The average molecular weight is 992 g/mol. The maximum Gasteiger partial charge on any atom is 0.0830 e. The Hall–Kier alpha value is -8.78. The average Bonchev–Trinajstić information content (AvgIpc) is 3.17. The molecular weight excluding hydrogens is 939 g/mol. The van der Waals surface area contributed by atoms with Crippen LogP contribution in [-0.4, -0.2) is 5.54 Å². The van der Waals surface area contributed by atoms with E-state index in [1.807, 2.05) is 0 Å². The first-order valence-electron chi connectivity index (χ1n) is 28.4. The van der Waals surface area contributed by atoms with Gasteiger partial charge >= 0.3 is 0 Å². The molecule has 10 aromatic rings. The van der Waals surface area contributed by atoms with E-state index in [2.05, 4.69) is 269 Å². The van der Waals surface area contributed by atoms with E-state index in [1.54, 1.807) is 16.7 Å². The van der Waals surface area contributed by atoms with Crippen LogP contribution in [0.3, 0.4) is 0 Å². The van der Waals surface area contributed by atoms with Crippen molar-refractivity contribution in [3.63, 3.8) is 0 Å². The summed E-state index contributed by atoms with van der Waals surface area (Å²) in [5.74, 6) is 0.181. The molecule has 0 radical (unpaired) electrons. The van der Waals surface area contributed by atoms with Gasteiger partial charge in [0.15, 0.2) is 0 Å². The lowest BCUT2D eigenvalue weighted by Gasteiger charge is -2.58. The first-order valence-corrected chi connectivity index (χ1v) is 28.4. The smallest absolute Gasteiger partial charge is 0.0830 e. The Kier molecular flexibility index (Phi) is 7.42. The monoisotopic (exact) mass is 991 g/mol. The minimum atomic E-state index is -0.666. The molecule has 0 fully saturated rings. The normalized spacial score (nSPS) is 24.7. The van der Waals surface area contributed by atoms with E-state index in [0.717, 1.165) is 0 Å². The predicted octanol–water partition coefficient (Wildman–Crippen LogP) is 17.8. The quantitative estimate of drug-likeness (QED) is 0.148. The van der Waals surface area contributed by atoms with Gasteiger partial charge in [-0.25, -0.2) is 0 Å². The highest BCUT2D eigenvalue weighted by Crippen LogP contribution is 2.77. The third-order valence-electron chi connectivity index (χ3n) is 21.6. The third kappa shape index (κ3) is 4.19. The topological polar surface area (TPSA) is 3.24 Å². The summed E-state index contributed by atoms with van der Waals surface area (Å²) in [6.07, 6.45) is 2.87. The number of nitrogens with zero attached hydrogens (tertiary/aromatic N) is 1. The minimum absolute atomic E-state index is 0.0820. The second kappa shape index (κ2) is 13.7. The Morgan fingerprint density at radius 1 is 0.321 bits per heavy atom. The number of rotatable bonds is 1. The van der Waals surface area contributed by atoms with E-state index >= 15 is 0 Å². The van der Waals surface area contributed by atoms with Crippen LogP contribution in [-0.2, 0) is 21.7 Å². The van der Waals surface area contributed by atoms with Gasteiger partial charge in [-0.05, 0) is 166 Å². The molecule has 9 aliphatic rings.